The number of carbonyl (C=O) groups is 2. The van der Waals surface area contributed by atoms with Gasteiger partial charge in [0.2, 0.25) is 0 Å². The van der Waals surface area contributed by atoms with Crippen LogP contribution in [0.4, 0.5) is 0 Å². The summed E-state index contributed by atoms with van der Waals surface area (Å²) < 4.78 is 0. The van der Waals surface area contributed by atoms with Crippen molar-refractivity contribution in [3.05, 3.63) is 12.7 Å². The lowest BCUT2D eigenvalue weighted by molar-refractivity contribution is -0.159. The molecule has 0 saturated heterocycles. The van der Waals surface area contributed by atoms with Crippen LogP contribution in [0.2, 0.25) is 0 Å². The topological polar surface area (TPSA) is 86.6 Å². The van der Waals surface area contributed by atoms with Gasteiger partial charge in [0.05, 0.1) is 0 Å². The molecular formula is C9H17NO4. The van der Waals surface area contributed by atoms with Crippen LogP contribution < -0.4 is 5.32 Å². The normalized spacial score (nSPS) is 8.36. The molecule has 0 fully saturated rings. The SMILES string of the molecule is C=CCCCCNC.O=C(O)C(=O)O. The summed E-state index contributed by atoms with van der Waals surface area (Å²) >= 11 is 0. The third kappa shape index (κ3) is 16.9. The van der Waals surface area contributed by atoms with E-state index in [9.17, 15) is 0 Å². The molecule has 0 rings (SSSR count). The zero-order chi connectivity index (χ0) is 11.4. The predicted octanol–water partition coefficient (Wildman–Crippen LogP) is 0.718. The number of allylic oxidation sites excluding steroid dienone is 1. The van der Waals surface area contributed by atoms with E-state index in [0.717, 1.165) is 13.0 Å². The van der Waals surface area contributed by atoms with E-state index in [1.54, 1.807) is 0 Å². The van der Waals surface area contributed by atoms with Crippen molar-refractivity contribution in [3.63, 3.8) is 0 Å². The second-order valence-electron chi connectivity index (χ2n) is 2.50. The van der Waals surface area contributed by atoms with Gasteiger partial charge in [-0.25, -0.2) is 9.59 Å². The molecule has 0 bridgehead atoms. The zero-order valence-corrected chi connectivity index (χ0v) is 8.32. The highest BCUT2D eigenvalue weighted by Gasteiger charge is 2.04. The van der Waals surface area contributed by atoms with Crippen molar-refractivity contribution in [2.24, 2.45) is 0 Å². The molecule has 0 aliphatic carbocycles. The molecule has 14 heavy (non-hydrogen) atoms. The van der Waals surface area contributed by atoms with E-state index in [1.807, 2.05) is 13.1 Å². The van der Waals surface area contributed by atoms with Crippen molar-refractivity contribution >= 4 is 11.9 Å². The van der Waals surface area contributed by atoms with Crippen LogP contribution in [0.5, 0.6) is 0 Å². The van der Waals surface area contributed by atoms with Crippen molar-refractivity contribution in [2.75, 3.05) is 13.6 Å². The fourth-order valence-electron chi connectivity index (χ4n) is 0.590. The lowest BCUT2D eigenvalue weighted by Crippen LogP contribution is -2.09. The lowest BCUT2D eigenvalue weighted by Gasteiger charge is -1.93. The van der Waals surface area contributed by atoms with Crippen LogP contribution in [0, 0.1) is 0 Å². The molecular weight excluding hydrogens is 186 g/mol. The first-order valence-electron chi connectivity index (χ1n) is 4.28. The molecule has 0 saturated carbocycles. The molecule has 0 amide bonds. The molecule has 0 aliphatic heterocycles. The molecule has 0 spiro atoms. The van der Waals surface area contributed by atoms with Crippen LogP contribution in [0.3, 0.4) is 0 Å². The maximum atomic E-state index is 9.10. The number of carboxylic acid groups (broad SMARTS) is 2. The fraction of sp³-hybridized carbons (Fsp3) is 0.556. The molecule has 0 atom stereocenters. The molecule has 5 nitrogen and oxygen atoms in total. The molecule has 0 aromatic rings. The van der Waals surface area contributed by atoms with E-state index in [2.05, 4.69) is 11.9 Å². The maximum Gasteiger partial charge on any atom is 0.414 e. The highest BCUT2D eigenvalue weighted by atomic mass is 16.4. The molecule has 0 unspecified atom stereocenters. The minimum absolute atomic E-state index is 1.13. The summed E-state index contributed by atoms with van der Waals surface area (Å²) in [5, 5.41) is 17.9. The standard InChI is InChI=1S/C7H15N.C2H2O4/c1-3-4-5-6-7-8-2;3-1(4)2(5)6/h3,8H,1,4-7H2,2H3;(H,3,4)(H,5,6). The molecule has 0 aromatic heterocycles. The third-order valence-electron chi connectivity index (χ3n) is 1.27. The van der Waals surface area contributed by atoms with Gasteiger partial charge in [-0.05, 0) is 32.9 Å². The number of aliphatic carboxylic acids is 2. The Bertz CT molecular complexity index is 168. The van der Waals surface area contributed by atoms with E-state index in [-0.39, 0.29) is 0 Å². The van der Waals surface area contributed by atoms with Gasteiger partial charge in [0.1, 0.15) is 0 Å². The van der Waals surface area contributed by atoms with Gasteiger partial charge in [0, 0.05) is 0 Å². The van der Waals surface area contributed by atoms with Gasteiger partial charge >= 0.3 is 11.9 Å². The summed E-state index contributed by atoms with van der Waals surface area (Å²) in [7, 11) is 1.98. The first-order chi connectivity index (χ1) is 6.56. The van der Waals surface area contributed by atoms with E-state index in [0.29, 0.717) is 0 Å². The molecule has 0 radical (unpaired) electrons. The van der Waals surface area contributed by atoms with E-state index in [1.165, 1.54) is 12.8 Å². The van der Waals surface area contributed by atoms with Crippen LogP contribution in [0.25, 0.3) is 0 Å². The Morgan fingerprint density at radius 2 is 1.79 bits per heavy atom. The van der Waals surface area contributed by atoms with Crippen LogP contribution in [-0.2, 0) is 9.59 Å². The minimum atomic E-state index is -1.82. The monoisotopic (exact) mass is 203 g/mol. The van der Waals surface area contributed by atoms with Gasteiger partial charge < -0.3 is 15.5 Å². The molecule has 0 aliphatic rings. The molecule has 5 heteroatoms. The predicted molar refractivity (Wildman–Crippen MR) is 53.2 cm³/mol. The largest absolute Gasteiger partial charge is 0.473 e. The zero-order valence-electron chi connectivity index (χ0n) is 8.32. The summed E-state index contributed by atoms with van der Waals surface area (Å²) in [6, 6.07) is 0. The molecule has 0 aromatic carbocycles. The summed E-state index contributed by atoms with van der Waals surface area (Å²) in [5.41, 5.74) is 0. The Hall–Kier alpha value is -1.36. The van der Waals surface area contributed by atoms with Crippen molar-refractivity contribution in [1.82, 2.24) is 5.32 Å². The average molecular weight is 203 g/mol. The van der Waals surface area contributed by atoms with Crippen LogP contribution in [0.1, 0.15) is 19.3 Å². The number of nitrogens with one attached hydrogen (secondary N) is 1. The van der Waals surface area contributed by atoms with Gasteiger partial charge in [-0.1, -0.05) is 6.08 Å². The van der Waals surface area contributed by atoms with Crippen LogP contribution in [-0.4, -0.2) is 35.7 Å². The van der Waals surface area contributed by atoms with Crippen molar-refractivity contribution in [3.8, 4) is 0 Å². The van der Waals surface area contributed by atoms with Gasteiger partial charge in [-0.3, -0.25) is 0 Å². The average Bonchev–Trinajstić information content (AvgIpc) is 2.13. The summed E-state index contributed by atoms with van der Waals surface area (Å²) in [5.74, 6) is -3.65. The number of rotatable bonds is 5. The van der Waals surface area contributed by atoms with Gasteiger partial charge in [-0.15, -0.1) is 6.58 Å². The van der Waals surface area contributed by atoms with E-state index in [4.69, 9.17) is 19.8 Å². The Balaban J connectivity index is 0. The number of unbranched alkanes of at least 4 members (excludes halogenated alkanes) is 2. The first-order valence-corrected chi connectivity index (χ1v) is 4.28. The van der Waals surface area contributed by atoms with Gasteiger partial charge in [-0.2, -0.15) is 0 Å². The first kappa shape index (κ1) is 15.1. The quantitative estimate of drug-likeness (QED) is 0.348. The minimum Gasteiger partial charge on any atom is -0.473 e. The molecule has 82 valence electrons. The second-order valence-corrected chi connectivity index (χ2v) is 2.50. The summed E-state index contributed by atoms with van der Waals surface area (Å²) in [4.78, 5) is 18.2. The number of carboxylic acids is 2. The molecule has 3 N–H and O–H groups in total. The highest BCUT2D eigenvalue weighted by molar-refractivity contribution is 6.27. The van der Waals surface area contributed by atoms with Crippen molar-refractivity contribution in [1.29, 1.82) is 0 Å². The van der Waals surface area contributed by atoms with Gasteiger partial charge in [0.25, 0.3) is 0 Å². The van der Waals surface area contributed by atoms with E-state index < -0.39 is 11.9 Å². The Kier molecular flexibility index (Phi) is 12.6. The van der Waals surface area contributed by atoms with Crippen molar-refractivity contribution < 1.29 is 19.8 Å². The molecule has 0 heterocycles. The second kappa shape index (κ2) is 11.6. The van der Waals surface area contributed by atoms with E-state index >= 15 is 0 Å². The Labute approximate surface area is 83.4 Å². The lowest BCUT2D eigenvalue weighted by atomic mass is 10.2. The Morgan fingerprint density at radius 1 is 1.29 bits per heavy atom. The Morgan fingerprint density at radius 3 is 2.07 bits per heavy atom. The third-order valence-corrected chi connectivity index (χ3v) is 1.27. The fourth-order valence-corrected chi connectivity index (χ4v) is 0.590. The van der Waals surface area contributed by atoms with Crippen LogP contribution >= 0.6 is 0 Å². The number of hydrogen-bond acceptors (Lipinski definition) is 3. The number of hydrogen-bond donors (Lipinski definition) is 3. The van der Waals surface area contributed by atoms with Crippen molar-refractivity contribution in [2.45, 2.75) is 19.3 Å². The smallest absolute Gasteiger partial charge is 0.414 e. The summed E-state index contributed by atoms with van der Waals surface area (Å²) in [6.45, 7) is 4.77. The highest BCUT2D eigenvalue weighted by Crippen LogP contribution is 1.92. The van der Waals surface area contributed by atoms with Gasteiger partial charge in [0.15, 0.2) is 0 Å². The maximum absolute atomic E-state index is 9.10. The van der Waals surface area contributed by atoms with Crippen LogP contribution in [0.15, 0.2) is 12.7 Å². The summed E-state index contributed by atoms with van der Waals surface area (Å²) in [6.07, 6.45) is 5.66.